The van der Waals surface area contributed by atoms with E-state index in [0.717, 1.165) is 26.2 Å². The molecule has 0 aromatic rings. The van der Waals surface area contributed by atoms with E-state index in [1.54, 1.807) is 0 Å². The first-order valence-corrected chi connectivity index (χ1v) is 10.5. The molecule has 5 heteroatoms. The van der Waals surface area contributed by atoms with Crippen molar-refractivity contribution in [3.63, 3.8) is 0 Å². The van der Waals surface area contributed by atoms with E-state index >= 15 is 0 Å². The van der Waals surface area contributed by atoms with Crippen LogP contribution in [0.2, 0.25) is 0 Å². The predicted molar refractivity (Wildman–Crippen MR) is 93.2 cm³/mol. The van der Waals surface area contributed by atoms with Gasteiger partial charge in [0.25, 0.3) is 0 Å². The van der Waals surface area contributed by atoms with Gasteiger partial charge in [-0.15, -0.1) is 0 Å². The molecule has 0 aliphatic rings. The van der Waals surface area contributed by atoms with E-state index in [-0.39, 0.29) is 11.1 Å². The van der Waals surface area contributed by atoms with E-state index < -0.39 is 18.2 Å². The zero-order valence-electron chi connectivity index (χ0n) is 16.0. The summed E-state index contributed by atoms with van der Waals surface area (Å²) in [4.78, 5) is 0. The fourth-order valence-electron chi connectivity index (χ4n) is 0.713. The van der Waals surface area contributed by atoms with E-state index in [9.17, 15) is 0 Å². The number of hydrogen-bond acceptors (Lipinski definition) is 2. The van der Waals surface area contributed by atoms with Gasteiger partial charge < -0.3 is 10.6 Å². The first-order chi connectivity index (χ1) is 9.54. The molecular weight excluding hydrogens is 432 g/mol. The van der Waals surface area contributed by atoms with E-state index in [1.807, 2.05) is 27.7 Å². The second kappa shape index (κ2) is 16.6. The Balaban J connectivity index is -0.000000270. The standard InChI is InChI=1S/2C4H9N.2C4H10N.W/c2*1-4(2,3)5;2*1-3-5-4-2;/h2*1-3H3;2*3-4H2,1-2H3;/q;;2*-1;. The third-order valence-corrected chi connectivity index (χ3v) is 6.05. The summed E-state index contributed by atoms with van der Waals surface area (Å²) >= 11 is -0.780. The molecule has 0 aromatic heterocycles. The zero-order valence-corrected chi connectivity index (χ0v) is 19.0. The summed E-state index contributed by atoms with van der Waals surface area (Å²) in [5.41, 5.74) is 0.249. The summed E-state index contributed by atoms with van der Waals surface area (Å²) in [6.45, 7) is 24.8. The van der Waals surface area contributed by atoms with Gasteiger partial charge in [0.15, 0.2) is 0 Å². The van der Waals surface area contributed by atoms with Crippen molar-refractivity contribution in [3.8, 4) is 0 Å². The molecule has 21 heavy (non-hydrogen) atoms. The molecule has 0 N–H and O–H groups in total. The van der Waals surface area contributed by atoms with Crippen LogP contribution in [-0.4, -0.2) is 37.3 Å². The largest absolute Gasteiger partial charge is 0.663 e. The van der Waals surface area contributed by atoms with Gasteiger partial charge in [0, 0.05) is 0 Å². The van der Waals surface area contributed by atoms with Crippen molar-refractivity contribution in [2.75, 3.05) is 26.2 Å². The molecule has 0 radical (unpaired) electrons. The Labute approximate surface area is 142 Å². The molecule has 0 saturated heterocycles. The van der Waals surface area contributed by atoms with Crippen LogP contribution in [0.4, 0.5) is 0 Å². The van der Waals surface area contributed by atoms with Crippen LogP contribution in [0, 0.1) is 0 Å². The minimum Gasteiger partial charge on any atom is -0.663 e. The second-order valence-electron chi connectivity index (χ2n) is 6.32. The van der Waals surface area contributed by atoms with E-state index in [2.05, 4.69) is 59.2 Å². The van der Waals surface area contributed by atoms with E-state index in [1.165, 1.54) is 0 Å². The van der Waals surface area contributed by atoms with Crippen LogP contribution in [0.15, 0.2) is 6.99 Å². The van der Waals surface area contributed by atoms with Crippen molar-refractivity contribution in [1.82, 2.24) is 0 Å². The molecule has 0 fully saturated rings. The summed E-state index contributed by atoms with van der Waals surface area (Å²) in [5.74, 6) is 0. The molecular formula is C16H38N4W-2. The van der Waals surface area contributed by atoms with Gasteiger partial charge in [0.2, 0.25) is 0 Å². The van der Waals surface area contributed by atoms with Crippen LogP contribution >= 0.6 is 0 Å². The molecule has 0 bridgehead atoms. The van der Waals surface area contributed by atoms with Crippen LogP contribution in [-0.2, 0) is 18.2 Å². The number of nitrogens with zero attached hydrogens (tertiary/aromatic N) is 4. The summed E-state index contributed by atoms with van der Waals surface area (Å²) < 4.78 is 9.08. The average molecular weight is 470 g/mol. The van der Waals surface area contributed by atoms with Gasteiger partial charge in [0.1, 0.15) is 0 Å². The molecule has 0 saturated carbocycles. The normalized spacial score (nSPS) is 10.6. The maximum absolute atomic E-state index is 4.54. The Bertz CT molecular complexity index is 230. The fourth-order valence-corrected chi connectivity index (χ4v) is 2.62. The summed E-state index contributed by atoms with van der Waals surface area (Å²) in [6, 6.07) is 0. The molecule has 0 spiro atoms. The Morgan fingerprint density at radius 3 is 0.952 bits per heavy atom. The quantitative estimate of drug-likeness (QED) is 0.497. The summed E-state index contributed by atoms with van der Waals surface area (Å²) in [6.07, 6.45) is 0. The van der Waals surface area contributed by atoms with E-state index in [0.29, 0.717) is 0 Å². The molecule has 0 heterocycles. The summed E-state index contributed by atoms with van der Waals surface area (Å²) in [5, 5.41) is 7.94. The fraction of sp³-hybridized carbons (Fsp3) is 1.00. The topological polar surface area (TPSA) is 52.9 Å². The molecule has 0 aliphatic heterocycles. The van der Waals surface area contributed by atoms with Crippen LogP contribution in [0.3, 0.4) is 0 Å². The monoisotopic (exact) mass is 470 g/mol. The van der Waals surface area contributed by atoms with Crippen molar-refractivity contribution in [3.05, 3.63) is 10.6 Å². The zero-order chi connectivity index (χ0) is 17.4. The van der Waals surface area contributed by atoms with Gasteiger partial charge in [-0.05, 0) is 0 Å². The Morgan fingerprint density at radius 2 is 0.857 bits per heavy atom. The Kier molecular flexibility index (Phi) is 20.6. The molecule has 4 nitrogen and oxygen atoms in total. The second-order valence-corrected chi connectivity index (χ2v) is 8.22. The predicted octanol–water partition coefficient (Wildman–Crippen LogP) is 5.83. The molecule has 0 unspecified atom stereocenters. The molecule has 0 aromatic carbocycles. The maximum Gasteiger partial charge on any atom is -0.0844 e. The van der Waals surface area contributed by atoms with Gasteiger partial charge in [-0.25, -0.2) is 0 Å². The molecule has 0 atom stereocenters. The minimum atomic E-state index is -0.780. The van der Waals surface area contributed by atoms with Crippen LogP contribution in [0.1, 0.15) is 69.2 Å². The van der Waals surface area contributed by atoms with Crippen molar-refractivity contribution in [2.45, 2.75) is 80.3 Å². The minimum absolute atomic E-state index is 0.124. The third-order valence-electron chi connectivity index (χ3n) is 1.52. The first-order valence-electron chi connectivity index (χ1n) is 7.91. The maximum atomic E-state index is 4.54. The smallest absolute Gasteiger partial charge is 0.0844 e. The van der Waals surface area contributed by atoms with Crippen molar-refractivity contribution in [1.29, 1.82) is 0 Å². The van der Waals surface area contributed by atoms with Crippen LogP contribution in [0.5, 0.6) is 0 Å². The molecule has 0 aliphatic carbocycles. The third kappa shape index (κ3) is 45.0. The van der Waals surface area contributed by atoms with E-state index in [4.69, 9.17) is 0 Å². The molecule has 130 valence electrons. The molecule has 0 rings (SSSR count). The number of rotatable bonds is 4. The van der Waals surface area contributed by atoms with Gasteiger partial charge >= 0.3 is 77.8 Å². The van der Waals surface area contributed by atoms with Gasteiger partial charge in [-0.1, -0.05) is 27.7 Å². The van der Waals surface area contributed by atoms with Gasteiger partial charge in [-0.2, -0.15) is 26.2 Å². The molecule has 0 amide bonds. The van der Waals surface area contributed by atoms with Gasteiger partial charge in [-0.3, -0.25) is 0 Å². The summed E-state index contributed by atoms with van der Waals surface area (Å²) in [7, 11) is 0. The van der Waals surface area contributed by atoms with Crippen molar-refractivity contribution >= 4 is 0 Å². The van der Waals surface area contributed by atoms with Crippen LogP contribution < -0.4 is 0 Å². The van der Waals surface area contributed by atoms with Crippen LogP contribution in [0.25, 0.3) is 10.6 Å². The Morgan fingerprint density at radius 1 is 0.619 bits per heavy atom. The first kappa shape index (κ1) is 26.1. The Hall–Kier alpha value is 0.208. The van der Waals surface area contributed by atoms with Crippen molar-refractivity contribution < 1.29 is 18.2 Å². The SMILES string of the molecule is CC(C)(C)[N]=[W]=[N]C(C)(C)C.CC[N-]CC.CC[N-]CC. The number of hydrogen-bond donors (Lipinski definition) is 0. The van der Waals surface area contributed by atoms with Gasteiger partial charge in [0.05, 0.1) is 0 Å². The average Bonchev–Trinajstić information content (AvgIpc) is 2.29. The van der Waals surface area contributed by atoms with Crippen molar-refractivity contribution in [2.24, 2.45) is 6.99 Å².